The zero-order chi connectivity index (χ0) is 9.97. The fourth-order valence-corrected chi connectivity index (χ4v) is 1.84. The van der Waals surface area contributed by atoms with Crippen LogP contribution in [0.25, 0.3) is 0 Å². The summed E-state index contributed by atoms with van der Waals surface area (Å²) in [6.45, 7) is 7.61. The largest absolute Gasteiger partial charge is 0.375 e. The van der Waals surface area contributed by atoms with Crippen molar-refractivity contribution in [1.29, 1.82) is 0 Å². The van der Waals surface area contributed by atoms with Crippen molar-refractivity contribution < 1.29 is 4.74 Å². The maximum Gasteiger partial charge on any atom is 0.125 e. The average molecular weight is 232 g/mol. The number of fused-ring (bicyclic) bond motifs is 1. The van der Waals surface area contributed by atoms with Gasteiger partial charge in [0.15, 0.2) is 0 Å². The van der Waals surface area contributed by atoms with E-state index < -0.39 is 0 Å². The molecule has 0 radical (unpaired) electrons. The summed E-state index contributed by atoms with van der Waals surface area (Å²) in [4.78, 5) is 4.41. The molecule has 0 bridgehead atoms. The van der Waals surface area contributed by atoms with Gasteiger partial charge < -0.3 is 14.6 Å². The number of ether oxygens (including phenoxy) is 1. The molecule has 1 atom stereocenters. The van der Waals surface area contributed by atoms with Gasteiger partial charge in [0.05, 0.1) is 24.5 Å². The molecule has 15 heavy (non-hydrogen) atoms. The smallest absolute Gasteiger partial charge is 0.125 e. The third kappa shape index (κ3) is 2.51. The minimum atomic E-state index is 0. The van der Waals surface area contributed by atoms with E-state index in [1.54, 1.807) is 0 Å². The summed E-state index contributed by atoms with van der Waals surface area (Å²) < 4.78 is 7.66. The minimum absolute atomic E-state index is 0. The molecule has 0 aliphatic carbocycles. The minimum Gasteiger partial charge on any atom is -0.375 e. The molecule has 0 aromatic carbocycles. The topological polar surface area (TPSA) is 39.1 Å². The normalized spacial score (nSPS) is 19.5. The molecule has 0 saturated carbocycles. The van der Waals surface area contributed by atoms with Crippen LogP contribution in [0.4, 0.5) is 0 Å². The van der Waals surface area contributed by atoms with Gasteiger partial charge in [0.25, 0.3) is 0 Å². The van der Waals surface area contributed by atoms with Crippen molar-refractivity contribution in [2.75, 3.05) is 13.2 Å². The zero-order valence-corrected chi connectivity index (χ0v) is 10.0. The Morgan fingerprint density at radius 3 is 3.20 bits per heavy atom. The Morgan fingerprint density at radius 1 is 1.67 bits per heavy atom. The predicted molar refractivity (Wildman–Crippen MR) is 61.2 cm³/mol. The second kappa shape index (κ2) is 5.49. The highest BCUT2D eigenvalue weighted by Gasteiger charge is 2.19. The summed E-state index contributed by atoms with van der Waals surface area (Å²) in [7, 11) is 0. The van der Waals surface area contributed by atoms with Crippen LogP contribution >= 0.6 is 12.4 Å². The van der Waals surface area contributed by atoms with Crippen molar-refractivity contribution in [2.24, 2.45) is 0 Å². The molecule has 1 unspecified atom stereocenters. The number of imidazole rings is 1. The van der Waals surface area contributed by atoms with E-state index in [9.17, 15) is 0 Å². The Hall–Kier alpha value is -0.580. The van der Waals surface area contributed by atoms with Crippen LogP contribution in [0.15, 0.2) is 6.20 Å². The summed E-state index contributed by atoms with van der Waals surface area (Å²) in [5.74, 6) is 1.13. The fraction of sp³-hybridized carbons (Fsp3) is 0.700. The van der Waals surface area contributed by atoms with E-state index in [2.05, 4.69) is 21.8 Å². The van der Waals surface area contributed by atoms with Crippen LogP contribution in [0.1, 0.15) is 31.4 Å². The van der Waals surface area contributed by atoms with Gasteiger partial charge in [-0.3, -0.25) is 0 Å². The molecular weight excluding hydrogens is 214 g/mol. The van der Waals surface area contributed by atoms with Crippen LogP contribution in [0.3, 0.4) is 0 Å². The molecule has 1 aliphatic heterocycles. The number of nitrogens with one attached hydrogen (secondary N) is 1. The van der Waals surface area contributed by atoms with Crippen LogP contribution < -0.4 is 5.32 Å². The van der Waals surface area contributed by atoms with Gasteiger partial charge in [-0.05, 0) is 13.8 Å². The number of nitrogens with zero attached hydrogens (tertiary/aromatic N) is 2. The number of halogens is 1. The van der Waals surface area contributed by atoms with Crippen molar-refractivity contribution in [3.8, 4) is 0 Å². The van der Waals surface area contributed by atoms with Crippen molar-refractivity contribution in [3.05, 3.63) is 17.7 Å². The Kier molecular flexibility index (Phi) is 4.57. The molecule has 0 fully saturated rings. The standard InChI is InChI=1S/C10H17N3O.ClH/c1-3-14-7-9-6-12-10-8(2)11-4-5-13(9)10;/h6,8,11H,3-5,7H2,1-2H3;1H. The van der Waals surface area contributed by atoms with E-state index in [4.69, 9.17) is 4.74 Å². The lowest BCUT2D eigenvalue weighted by Gasteiger charge is -2.23. The molecule has 86 valence electrons. The van der Waals surface area contributed by atoms with Crippen LogP contribution in [0, 0.1) is 0 Å². The Balaban J connectivity index is 0.00000112. The maximum atomic E-state index is 5.40. The number of hydrogen-bond acceptors (Lipinski definition) is 3. The Bertz CT molecular complexity index is 314. The SMILES string of the molecule is CCOCc1cnc2n1CCNC2C.Cl. The summed E-state index contributed by atoms with van der Waals surface area (Å²) in [5, 5.41) is 3.38. The summed E-state index contributed by atoms with van der Waals surface area (Å²) >= 11 is 0. The lowest BCUT2D eigenvalue weighted by Crippen LogP contribution is -2.32. The lowest BCUT2D eigenvalue weighted by atomic mass is 10.2. The number of aromatic nitrogens is 2. The third-order valence-electron chi connectivity index (χ3n) is 2.60. The Morgan fingerprint density at radius 2 is 2.47 bits per heavy atom. The van der Waals surface area contributed by atoms with Crippen molar-refractivity contribution >= 4 is 12.4 Å². The van der Waals surface area contributed by atoms with Gasteiger partial charge in [-0.1, -0.05) is 0 Å². The predicted octanol–water partition coefficient (Wildman–Crippen LogP) is 1.51. The molecule has 1 aromatic heterocycles. The first kappa shape index (κ1) is 12.5. The highest BCUT2D eigenvalue weighted by Crippen LogP contribution is 2.17. The molecule has 0 saturated heterocycles. The molecule has 2 rings (SSSR count). The second-order valence-corrected chi connectivity index (χ2v) is 3.57. The van der Waals surface area contributed by atoms with E-state index in [1.165, 1.54) is 5.69 Å². The molecule has 4 nitrogen and oxygen atoms in total. The van der Waals surface area contributed by atoms with Crippen LogP contribution in [0.2, 0.25) is 0 Å². The third-order valence-corrected chi connectivity index (χ3v) is 2.60. The van der Waals surface area contributed by atoms with E-state index >= 15 is 0 Å². The highest BCUT2D eigenvalue weighted by molar-refractivity contribution is 5.85. The number of hydrogen-bond donors (Lipinski definition) is 1. The maximum absolute atomic E-state index is 5.40. The zero-order valence-electron chi connectivity index (χ0n) is 9.19. The van der Waals surface area contributed by atoms with Crippen LogP contribution in [-0.4, -0.2) is 22.7 Å². The molecule has 1 aliphatic rings. The second-order valence-electron chi connectivity index (χ2n) is 3.57. The van der Waals surface area contributed by atoms with Crippen molar-refractivity contribution in [1.82, 2.24) is 14.9 Å². The van der Waals surface area contributed by atoms with E-state index in [0.717, 1.165) is 25.5 Å². The first-order chi connectivity index (χ1) is 6.83. The first-order valence-corrected chi connectivity index (χ1v) is 5.18. The molecule has 5 heteroatoms. The van der Waals surface area contributed by atoms with E-state index in [1.807, 2.05) is 13.1 Å². The van der Waals surface area contributed by atoms with Gasteiger partial charge in [0.1, 0.15) is 5.82 Å². The quantitative estimate of drug-likeness (QED) is 0.857. The van der Waals surface area contributed by atoms with Gasteiger partial charge in [-0.2, -0.15) is 0 Å². The summed E-state index contributed by atoms with van der Waals surface area (Å²) in [5.41, 5.74) is 1.19. The van der Waals surface area contributed by atoms with Gasteiger partial charge >= 0.3 is 0 Å². The molecular formula is C10H18ClN3O. The van der Waals surface area contributed by atoms with Crippen LogP contribution in [0.5, 0.6) is 0 Å². The van der Waals surface area contributed by atoms with E-state index in [0.29, 0.717) is 12.6 Å². The monoisotopic (exact) mass is 231 g/mol. The fourth-order valence-electron chi connectivity index (χ4n) is 1.84. The molecule has 0 amide bonds. The molecule has 1 aromatic rings. The molecule has 0 spiro atoms. The molecule has 2 heterocycles. The van der Waals surface area contributed by atoms with Crippen LogP contribution in [-0.2, 0) is 17.9 Å². The molecule has 1 N–H and O–H groups in total. The Labute approximate surface area is 96.4 Å². The van der Waals surface area contributed by atoms with E-state index in [-0.39, 0.29) is 12.4 Å². The number of rotatable bonds is 3. The van der Waals surface area contributed by atoms with Crippen molar-refractivity contribution in [3.63, 3.8) is 0 Å². The van der Waals surface area contributed by atoms with Gasteiger partial charge in [0.2, 0.25) is 0 Å². The van der Waals surface area contributed by atoms with Gasteiger partial charge in [-0.15, -0.1) is 12.4 Å². The lowest BCUT2D eigenvalue weighted by molar-refractivity contribution is 0.127. The van der Waals surface area contributed by atoms with Gasteiger partial charge in [-0.25, -0.2) is 4.98 Å². The average Bonchev–Trinajstić information content (AvgIpc) is 2.60. The van der Waals surface area contributed by atoms with Gasteiger partial charge in [0, 0.05) is 19.7 Å². The summed E-state index contributed by atoms with van der Waals surface area (Å²) in [6.07, 6.45) is 1.93. The summed E-state index contributed by atoms with van der Waals surface area (Å²) in [6, 6.07) is 0.360. The highest BCUT2D eigenvalue weighted by atomic mass is 35.5. The first-order valence-electron chi connectivity index (χ1n) is 5.18. The van der Waals surface area contributed by atoms with Crippen molar-refractivity contribution in [2.45, 2.75) is 33.0 Å².